The Morgan fingerprint density at radius 2 is 1.41 bits per heavy atom. The average Bonchev–Trinajstić information content (AvgIpc) is 2.63. The Morgan fingerprint density at radius 3 is 2.00 bits per heavy atom. The van der Waals surface area contributed by atoms with Gasteiger partial charge in [-0.05, 0) is 48.5 Å². The summed E-state index contributed by atoms with van der Waals surface area (Å²) in [4.78, 5) is -0.164. The molecule has 0 amide bonds. The van der Waals surface area contributed by atoms with Crippen LogP contribution in [0.2, 0.25) is 10.0 Å². The highest BCUT2D eigenvalue weighted by Crippen LogP contribution is 2.33. The smallest absolute Gasteiger partial charge is 0.264 e. The molecule has 0 aliphatic heterocycles. The van der Waals surface area contributed by atoms with Crippen LogP contribution in [-0.4, -0.2) is 15.5 Å². The molecule has 0 unspecified atom stereocenters. The third-order valence-electron chi connectivity index (χ3n) is 3.59. The van der Waals surface area contributed by atoms with E-state index in [1.165, 1.54) is 12.1 Å². The van der Waals surface area contributed by atoms with Crippen molar-refractivity contribution in [3.63, 3.8) is 0 Å². The molecule has 0 saturated carbocycles. The summed E-state index contributed by atoms with van der Waals surface area (Å²) in [5, 5.41) is 0.0947. The van der Waals surface area contributed by atoms with Crippen molar-refractivity contribution in [1.82, 2.24) is 0 Å². The zero-order valence-electron chi connectivity index (χ0n) is 14.1. The molecule has 0 heterocycles. The summed E-state index contributed by atoms with van der Waals surface area (Å²) in [6.45, 7) is 0. The molecule has 0 atom stereocenters. The van der Waals surface area contributed by atoms with Gasteiger partial charge in [0.25, 0.3) is 10.0 Å². The van der Waals surface area contributed by atoms with Gasteiger partial charge in [0.15, 0.2) is 11.5 Å². The lowest BCUT2D eigenvalue weighted by Gasteiger charge is -2.12. The van der Waals surface area contributed by atoms with Crippen molar-refractivity contribution in [2.24, 2.45) is 0 Å². The van der Waals surface area contributed by atoms with Crippen LogP contribution < -0.4 is 14.2 Å². The fourth-order valence-corrected chi connectivity index (χ4v) is 4.57. The molecule has 0 radical (unpaired) electrons. The van der Waals surface area contributed by atoms with Crippen LogP contribution in [0.15, 0.2) is 71.6 Å². The first-order valence-electron chi connectivity index (χ1n) is 7.78. The standard InChI is InChI=1S/C19H15Cl2NO4S/c1-25-17-7-2-3-8-18(17)26-14-11-9-13(10-12-14)22-27(23,24)19-15(20)5-4-6-16(19)21/h2-12,22H,1H3. The third-order valence-corrected chi connectivity index (χ3v) is 5.93. The number of ether oxygens (including phenoxy) is 2. The van der Waals surface area contributed by atoms with Crippen LogP contribution in [0.1, 0.15) is 0 Å². The Labute approximate surface area is 167 Å². The molecular formula is C19H15Cl2NO4S. The minimum atomic E-state index is -3.93. The van der Waals surface area contributed by atoms with E-state index in [-0.39, 0.29) is 14.9 Å². The SMILES string of the molecule is COc1ccccc1Oc1ccc(NS(=O)(=O)c2c(Cl)cccc2Cl)cc1. The quantitative estimate of drug-likeness (QED) is 0.560. The van der Waals surface area contributed by atoms with E-state index in [1.54, 1.807) is 49.6 Å². The monoisotopic (exact) mass is 423 g/mol. The van der Waals surface area contributed by atoms with Crippen molar-refractivity contribution < 1.29 is 17.9 Å². The molecule has 0 bridgehead atoms. The van der Waals surface area contributed by atoms with E-state index >= 15 is 0 Å². The van der Waals surface area contributed by atoms with Crippen molar-refractivity contribution >= 4 is 38.9 Å². The molecule has 0 spiro atoms. The highest BCUT2D eigenvalue weighted by molar-refractivity contribution is 7.93. The zero-order chi connectivity index (χ0) is 19.4. The first-order chi connectivity index (χ1) is 12.9. The van der Waals surface area contributed by atoms with Gasteiger partial charge in [-0.3, -0.25) is 4.72 Å². The minimum absolute atomic E-state index is 0.0473. The summed E-state index contributed by atoms with van der Waals surface area (Å²) < 4.78 is 38.6. The molecule has 0 aliphatic carbocycles. The normalized spacial score (nSPS) is 11.1. The van der Waals surface area contributed by atoms with Crippen molar-refractivity contribution in [3.05, 3.63) is 76.8 Å². The molecule has 0 aromatic heterocycles. The lowest BCUT2D eigenvalue weighted by Crippen LogP contribution is -2.14. The highest BCUT2D eigenvalue weighted by Gasteiger charge is 2.21. The molecule has 27 heavy (non-hydrogen) atoms. The van der Waals surface area contributed by atoms with E-state index < -0.39 is 10.0 Å². The summed E-state index contributed by atoms with van der Waals surface area (Å²) in [6.07, 6.45) is 0. The van der Waals surface area contributed by atoms with Gasteiger partial charge >= 0.3 is 0 Å². The minimum Gasteiger partial charge on any atom is -0.493 e. The van der Waals surface area contributed by atoms with Crippen molar-refractivity contribution in [3.8, 4) is 17.2 Å². The Kier molecular flexibility index (Phi) is 5.79. The van der Waals surface area contributed by atoms with Crippen LogP contribution in [0.3, 0.4) is 0 Å². The van der Waals surface area contributed by atoms with Crippen LogP contribution >= 0.6 is 23.2 Å². The Balaban J connectivity index is 1.80. The van der Waals surface area contributed by atoms with Crippen LogP contribution in [0, 0.1) is 0 Å². The molecule has 3 rings (SSSR count). The van der Waals surface area contributed by atoms with Crippen LogP contribution in [0.5, 0.6) is 17.2 Å². The van der Waals surface area contributed by atoms with Gasteiger partial charge in [-0.2, -0.15) is 0 Å². The van der Waals surface area contributed by atoms with Gasteiger partial charge in [0.2, 0.25) is 0 Å². The molecule has 3 aromatic carbocycles. The van der Waals surface area contributed by atoms with E-state index in [0.29, 0.717) is 22.9 Å². The molecule has 3 aromatic rings. The second-order valence-corrected chi connectivity index (χ2v) is 7.87. The Hall–Kier alpha value is -2.41. The van der Waals surface area contributed by atoms with Gasteiger partial charge in [-0.1, -0.05) is 41.4 Å². The Bertz CT molecular complexity index is 1030. The van der Waals surface area contributed by atoms with E-state index in [1.807, 2.05) is 12.1 Å². The third kappa shape index (κ3) is 4.47. The number of sulfonamides is 1. The lowest BCUT2D eigenvalue weighted by molar-refractivity contribution is 0.379. The van der Waals surface area contributed by atoms with E-state index in [2.05, 4.69) is 4.72 Å². The summed E-state index contributed by atoms with van der Waals surface area (Å²) >= 11 is 12.0. The fraction of sp³-hybridized carbons (Fsp3) is 0.0526. The number of anilines is 1. The maximum Gasteiger partial charge on any atom is 0.264 e. The van der Waals surface area contributed by atoms with Gasteiger partial charge in [-0.15, -0.1) is 0 Å². The molecule has 0 aliphatic rings. The second-order valence-electron chi connectivity index (χ2n) is 5.43. The summed E-state index contributed by atoms with van der Waals surface area (Å²) in [6, 6.07) is 18.2. The number of benzene rings is 3. The number of methoxy groups -OCH3 is 1. The number of halogens is 2. The van der Waals surface area contributed by atoms with E-state index in [0.717, 1.165) is 0 Å². The fourth-order valence-electron chi connectivity index (χ4n) is 2.37. The van der Waals surface area contributed by atoms with Gasteiger partial charge in [0.05, 0.1) is 17.2 Å². The van der Waals surface area contributed by atoms with Crippen molar-refractivity contribution in [1.29, 1.82) is 0 Å². The van der Waals surface area contributed by atoms with Crippen LogP contribution in [0.4, 0.5) is 5.69 Å². The molecule has 5 nitrogen and oxygen atoms in total. The largest absolute Gasteiger partial charge is 0.493 e. The van der Waals surface area contributed by atoms with Gasteiger partial charge < -0.3 is 9.47 Å². The van der Waals surface area contributed by atoms with Gasteiger partial charge in [0, 0.05) is 5.69 Å². The molecule has 0 fully saturated rings. The Morgan fingerprint density at radius 1 is 0.815 bits per heavy atom. The van der Waals surface area contributed by atoms with Crippen LogP contribution in [0.25, 0.3) is 0 Å². The number of hydrogen-bond donors (Lipinski definition) is 1. The summed E-state index contributed by atoms with van der Waals surface area (Å²) in [5.41, 5.74) is 0.346. The second kappa shape index (κ2) is 8.08. The number of para-hydroxylation sites is 2. The van der Waals surface area contributed by atoms with Gasteiger partial charge in [-0.25, -0.2) is 8.42 Å². The zero-order valence-corrected chi connectivity index (χ0v) is 16.5. The molecular weight excluding hydrogens is 409 g/mol. The number of rotatable bonds is 6. The van der Waals surface area contributed by atoms with Crippen molar-refractivity contribution in [2.45, 2.75) is 4.90 Å². The van der Waals surface area contributed by atoms with Gasteiger partial charge in [0.1, 0.15) is 10.6 Å². The maximum absolute atomic E-state index is 12.6. The van der Waals surface area contributed by atoms with E-state index in [9.17, 15) is 8.42 Å². The highest BCUT2D eigenvalue weighted by atomic mass is 35.5. The number of hydrogen-bond acceptors (Lipinski definition) is 4. The molecule has 1 N–H and O–H groups in total. The average molecular weight is 424 g/mol. The summed E-state index contributed by atoms with van der Waals surface area (Å²) in [5.74, 6) is 1.67. The maximum atomic E-state index is 12.6. The van der Waals surface area contributed by atoms with Crippen molar-refractivity contribution in [2.75, 3.05) is 11.8 Å². The topological polar surface area (TPSA) is 64.6 Å². The molecule has 8 heteroatoms. The first kappa shape index (κ1) is 19.4. The predicted molar refractivity (Wildman–Crippen MR) is 107 cm³/mol. The predicted octanol–water partition coefficient (Wildman–Crippen LogP) is 5.60. The summed E-state index contributed by atoms with van der Waals surface area (Å²) in [7, 11) is -2.38. The molecule has 140 valence electrons. The lowest BCUT2D eigenvalue weighted by atomic mass is 10.3. The van der Waals surface area contributed by atoms with E-state index in [4.69, 9.17) is 32.7 Å². The van der Waals surface area contributed by atoms with Crippen LogP contribution in [-0.2, 0) is 10.0 Å². The molecule has 0 saturated heterocycles. The number of nitrogens with one attached hydrogen (secondary N) is 1. The first-order valence-corrected chi connectivity index (χ1v) is 10.0.